The van der Waals surface area contributed by atoms with Crippen molar-refractivity contribution >= 4 is 32.7 Å². The molecule has 4 aromatic heterocycles. The molecule has 0 aliphatic rings. The smallest absolute Gasteiger partial charge is 0.152 e. The summed E-state index contributed by atoms with van der Waals surface area (Å²) in [7, 11) is 0. The molecule has 0 fully saturated rings. The van der Waals surface area contributed by atoms with Gasteiger partial charge < -0.3 is 8.83 Å². The van der Waals surface area contributed by atoms with E-state index in [1.165, 1.54) is 16.3 Å². The molecule has 0 atom stereocenters. The van der Waals surface area contributed by atoms with Crippen molar-refractivity contribution in [3.63, 3.8) is 0 Å². The lowest BCUT2D eigenvalue weighted by molar-refractivity contribution is 0.596. The average molecular weight is 418 g/mol. The molecule has 2 aromatic carbocycles. The highest BCUT2D eigenvalue weighted by atomic mass is 16.3. The zero-order valence-electron chi connectivity index (χ0n) is 18.2. The summed E-state index contributed by atoms with van der Waals surface area (Å²) in [6.07, 6.45) is 7.02. The summed E-state index contributed by atoms with van der Waals surface area (Å²) >= 11 is 0. The number of pyridine rings is 2. The van der Waals surface area contributed by atoms with Gasteiger partial charge >= 0.3 is 0 Å². The molecular weight excluding hydrogens is 396 g/mol. The maximum absolute atomic E-state index is 6.26. The number of nitrogens with zero attached hydrogens (tertiary/aromatic N) is 2. The van der Waals surface area contributed by atoms with Gasteiger partial charge in [0.2, 0.25) is 0 Å². The Balaban J connectivity index is 1.60. The third-order valence-electron chi connectivity index (χ3n) is 6.03. The number of rotatable bonds is 2. The van der Waals surface area contributed by atoms with Crippen molar-refractivity contribution in [2.75, 3.05) is 0 Å². The van der Waals surface area contributed by atoms with Crippen LogP contribution < -0.4 is 0 Å². The molecule has 0 aliphatic heterocycles. The van der Waals surface area contributed by atoms with Crippen LogP contribution in [0.3, 0.4) is 0 Å². The summed E-state index contributed by atoms with van der Waals surface area (Å²) in [5.74, 6) is 0.755. The minimum atomic E-state index is 0.00760. The van der Waals surface area contributed by atoms with Crippen LogP contribution in [-0.2, 0) is 5.41 Å². The first-order valence-corrected chi connectivity index (χ1v) is 10.7. The van der Waals surface area contributed by atoms with Crippen LogP contribution in [0.15, 0.2) is 88.3 Å². The fraction of sp³-hybridized carbons (Fsp3) is 0.143. The van der Waals surface area contributed by atoms with Gasteiger partial charge in [-0.15, -0.1) is 0 Å². The number of furan rings is 2. The molecule has 156 valence electrons. The van der Waals surface area contributed by atoms with Crippen molar-refractivity contribution in [3.8, 4) is 22.6 Å². The van der Waals surface area contributed by atoms with E-state index in [1.807, 2.05) is 24.5 Å². The summed E-state index contributed by atoms with van der Waals surface area (Å²) in [5, 5.41) is 4.46. The summed E-state index contributed by atoms with van der Waals surface area (Å²) in [6, 6.07) is 19.0. The van der Waals surface area contributed by atoms with Crippen molar-refractivity contribution in [2.24, 2.45) is 0 Å². The van der Waals surface area contributed by atoms with Crippen LogP contribution >= 0.6 is 0 Å². The van der Waals surface area contributed by atoms with Crippen LogP contribution in [-0.4, -0.2) is 9.97 Å². The van der Waals surface area contributed by atoms with E-state index in [9.17, 15) is 0 Å². The Kier molecular flexibility index (Phi) is 3.99. The van der Waals surface area contributed by atoms with Gasteiger partial charge in [-0.2, -0.15) is 0 Å². The molecule has 6 rings (SSSR count). The minimum Gasteiger partial charge on any atom is -0.463 e. The zero-order valence-corrected chi connectivity index (χ0v) is 18.2. The molecule has 6 aromatic rings. The van der Waals surface area contributed by atoms with Gasteiger partial charge in [0.1, 0.15) is 11.3 Å². The van der Waals surface area contributed by atoms with E-state index in [0.717, 1.165) is 44.5 Å². The zero-order chi connectivity index (χ0) is 21.9. The first kappa shape index (κ1) is 18.8. The molecule has 0 N–H and O–H groups in total. The lowest BCUT2D eigenvalue weighted by Gasteiger charge is -2.22. The third-order valence-corrected chi connectivity index (χ3v) is 6.03. The van der Waals surface area contributed by atoms with Crippen molar-refractivity contribution in [1.29, 1.82) is 0 Å². The molecule has 4 heterocycles. The predicted octanol–water partition coefficient (Wildman–Crippen LogP) is 7.75. The van der Waals surface area contributed by atoms with Crippen molar-refractivity contribution < 1.29 is 8.83 Å². The van der Waals surface area contributed by atoms with E-state index in [-0.39, 0.29) is 5.41 Å². The highest BCUT2D eigenvalue weighted by molar-refractivity contribution is 6.00. The van der Waals surface area contributed by atoms with E-state index < -0.39 is 0 Å². The van der Waals surface area contributed by atoms with Gasteiger partial charge in [-0.3, -0.25) is 9.97 Å². The van der Waals surface area contributed by atoms with Crippen molar-refractivity contribution in [1.82, 2.24) is 9.97 Å². The van der Waals surface area contributed by atoms with Crippen LogP contribution in [0.1, 0.15) is 26.3 Å². The van der Waals surface area contributed by atoms with E-state index in [1.54, 1.807) is 12.5 Å². The largest absolute Gasteiger partial charge is 0.463 e. The number of aromatic nitrogens is 2. The average Bonchev–Trinajstić information content (AvgIpc) is 3.44. The highest BCUT2D eigenvalue weighted by Crippen LogP contribution is 2.39. The Morgan fingerprint density at radius 3 is 2.56 bits per heavy atom. The molecule has 0 amide bonds. The van der Waals surface area contributed by atoms with E-state index in [4.69, 9.17) is 13.8 Å². The first-order valence-electron chi connectivity index (χ1n) is 10.7. The number of benzene rings is 2. The van der Waals surface area contributed by atoms with E-state index in [0.29, 0.717) is 0 Å². The van der Waals surface area contributed by atoms with Gasteiger partial charge in [0.25, 0.3) is 0 Å². The molecule has 4 heteroatoms. The fourth-order valence-electron chi connectivity index (χ4n) is 4.48. The van der Waals surface area contributed by atoms with Crippen LogP contribution in [0.4, 0.5) is 0 Å². The Morgan fingerprint density at radius 1 is 0.812 bits per heavy atom. The molecule has 0 saturated carbocycles. The number of hydrogen-bond donors (Lipinski definition) is 0. The fourth-order valence-corrected chi connectivity index (χ4v) is 4.48. The Labute approximate surface area is 185 Å². The number of fused-ring (bicyclic) bond motifs is 3. The molecule has 0 spiro atoms. The molecule has 0 unspecified atom stereocenters. The lowest BCUT2D eigenvalue weighted by Crippen LogP contribution is -2.12. The van der Waals surface area contributed by atoms with E-state index >= 15 is 0 Å². The molecule has 0 radical (unpaired) electrons. The van der Waals surface area contributed by atoms with Crippen molar-refractivity contribution in [2.45, 2.75) is 26.2 Å². The van der Waals surface area contributed by atoms with Crippen LogP contribution in [0.5, 0.6) is 0 Å². The quantitative estimate of drug-likeness (QED) is 0.288. The topological polar surface area (TPSA) is 52.1 Å². The molecule has 0 bridgehead atoms. The van der Waals surface area contributed by atoms with Gasteiger partial charge in [0.15, 0.2) is 5.58 Å². The summed E-state index contributed by atoms with van der Waals surface area (Å²) in [6.45, 7) is 6.75. The van der Waals surface area contributed by atoms with Crippen LogP contribution in [0.2, 0.25) is 0 Å². The minimum absolute atomic E-state index is 0.00760. The molecular formula is C28H22N2O2. The normalized spacial score (nSPS) is 12.2. The van der Waals surface area contributed by atoms with Gasteiger partial charge in [-0.05, 0) is 52.1 Å². The predicted molar refractivity (Wildman–Crippen MR) is 129 cm³/mol. The molecule has 32 heavy (non-hydrogen) atoms. The van der Waals surface area contributed by atoms with Crippen LogP contribution in [0, 0.1) is 0 Å². The standard InChI is InChI=1S/C28H22N2O2/c1-28(2,3)23-13-18(12-17-6-4-5-7-19(17)23)27-21-14-25(32-24(21)8-10-30-27)22-15-29-16-26-20(22)9-11-31-26/h4-16H,1-3H3. The van der Waals surface area contributed by atoms with Crippen LogP contribution in [0.25, 0.3) is 55.3 Å². The summed E-state index contributed by atoms with van der Waals surface area (Å²) < 4.78 is 11.8. The molecule has 4 nitrogen and oxygen atoms in total. The third kappa shape index (κ3) is 2.91. The molecule has 0 saturated heterocycles. The van der Waals surface area contributed by atoms with Gasteiger partial charge in [0.05, 0.1) is 18.2 Å². The van der Waals surface area contributed by atoms with Gasteiger partial charge in [-0.25, -0.2) is 0 Å². The monoisotopic (exact) mass is 418 g/mol. The summed E-state index contributed by atoms with van der Waals surface area (Å²) in [4.78, 5) is 9.09. The maximum atomic E-state index is 6.26. The van der Waals surface area contributed by atoms with Crippen molar-refractivity contribution in [3.05, 3.63) is 85.0 Å². The second kappa shape index (κ2) is 6.79. The molecule has 0 aliphatic carbocycles. The van der Waals surface area contributed by atoms with E-state index in [2.05, 4.69) is 68.2 Å². The highest BCUT2D eigenvalue weighted by Gasteiger charge is 2.20. The number of hydrogen-bond acceptors (Lipinski definition) is 4. The Morgan fingerprint density at radius 2 is 1.69 bits per heavy atom. The SMILES string of the molecule is CC(C)(C)c1cc(-c2nccc3oc(-c4cncc5occc45)cc23)cc2ccccc12. The Bertz CT molecular complexity index is 1620. The second-order valence-electron chi connectivity index (χ2n) is 9.20. The lowest BCUT2D eigenvalue weighted by atomic mass is 9.82. The van der Waals surface area contributed by atoms with Gasteiger partial charge in [0, 0.05) is 34.3 Å². The first-order chi connectivity index (χ1) is 15.5. The second-order valence-corrected chi connectivity index (χ2v) is 9.20. The van der Waals surface area contributed by atoms with Gasteiger partial charge in [-0.1, -0.05) is 45.0 Å². The maximum Gasteiger partial charge on any atom is 0.152 e. The Hall–Kier alpha value is -3.92. The summed E-state index contributed by atoms with van der Waals surface area (Å²) in [5.41, 5.74) is 5.77.